The Bertz CT molecular complexity index is 360. The second kappa shape index (κ2) is 8.21. The molecular formula is C17H30N2. The number of anilines is 1. The summed E-state index contributed by atoms with van der Waals surface area (Å²) in [5.74, 6) is 0.643. The third-order valence-corrected chi connectivity index (χ3v) is 3.62. The largest absolute Gasteiger partial charge is 0.367 e. The fraction of sp³-hybridized carbons (Fsp3) is 0.647. The van der Waals surface area contributed by atoms with Gasteiger partial charge in [0.15, 0.2) is 0 Å². The van der Waals surface area contributed by atoms with Crippen molar-refractivity contribution in [1.82, 2.24) is 5.32 Å². The van der Waals surface area contributed by atoms with E-state index in [1.165, 1.54) is 17.7 Å². The van der Waals surface area contributed by atoms with Crippen molar-refractivity contribution in [3.05, 3.63) is 29.8 Å². The van der Waals surface area contributed by atoms with Crippen molar-refractivity contribution in [2.45, 2.75) is 47.1 Å². The summed E-state index contributed by atoms with van der Waals surface area (Å²) in [6.45, 7) is 14.5. The van der Waals surface area contributed by atoms with Gasteiger partial charge in [-0.3, -0.25) is 0 Å². The Morgan fingerprint density at radius 3 is 2.47 bits per heavy atom. The van der Waals surface area contributed by atoms with Gasteiger partial charge in [0, 0.05) is 24.8 Å². The Morgan fingerprint density at radius 2 is 1.95 bits per heavy atom. The van der Waals surface area contributed by atoms with E-state index < -0.39 is 0 Å². The van der Waals surface area contributed by atoms with Crippen molar-refractivity contribution in [1.29, 1.82) is 0 Å². The number of benzene rings is 1. The molecule has 0 radical (unpaired) electrons. The summed E-state index contributed by atoms with van der Waals surface area (Å²) in [6.07, 6.45) is 1.20. The minimum atomic E-state index is 0.554. The van der Waals surface area contributed by atoms with Crippen molar-refractivity contribution >= 4 is 5.69 Å². The maximum atomic E-state index is 3.57. The van der Waals surface area contributed by atoms with Crippen LogP contribution in [0.4, 0.5) is 5.69 Å². The van der Waals surface area contributed by atoms with E-state index in [4.69, 9.17) is 0 Å². The first-order valence-corrected chi connectivity index (χ1v) is 7.64. The molecule has 0 spiro atoms. The monoisotopic (exact) mass is 262 g/mol. The van der Waals surface area contributed by atoms with Crippen molar-refractivity contribution in [2.75, 3.05) is 24.5 Å². The maximum Gasteiger partial charge on any atom is 0.0437 e. The van der Waals surface area contributed by atoms with Crippen LogP contribution >= 0.6 is 0 Å². The topological polar surface area (TPSA) is 15.3 Å². The number of nitrogens with one attached hydrogen (secondary N) is 1. The highest BCUT2D eigenvalue weighted by Crippen LogP contribution is 2.21. The number of likely N-dealkylation sites (N-methyl/N-ethyl adjacent to an activating group) is 1. The molecule has 19 heavy (non-hydrogen) atoms. The summed E-state index contributed by atoms with van der Waals surface area (Å²) in [5.41, 5.74) is 2.68. The number of rotatable bonds is 8. The first kappa shape index (κ1) is 16.0. The predicted molar refractivity (Wildman–Crippen MR) is 86.0 cm³/mol. The molecule has 2 heteroatoms. The van der Waals surface area contributed by atoms with Gasteiger partial charge in [-0.05, 0) is 50.4 Å². The zero-order chi connectivity index (χ0) is 14.3. The molecular weight excluding hydrogens is 232 g/mol. The molecule has 1 rings (SSSR count). The molecule has 0 bridgehead atoms. The van der Waals surface area contributed by atoms with Gasteiger partial charge in [0.2, 0.25) is 0 Å². The molecule has 0 aliphatic rings. The highest BCUT2D eigenvalue weighted by molar-refractivity contribution is 5.49. The second-order valence-corrected chi connectivity index (χ2v) is 5.64. The van der Waals surface area contributed by atoms with Gasteiger partial charge in [-0.25, -0.2) is 0 Å². The Kier molecular flexibility index (Phi) is 6.93. The lowest BCUT2D eigenvalue weighted by molar-refractivity contribution is 0.430. The van der Waals surface area contributed by atoms with Gasteiger partial charge in [-0.15, -0.1) is 0 Å². The standard InChI is InChI=1S/C17H30N2/c1-6-11-18-13-17(14(3)4)19(7-2)16-10-8-9-15(5)12-16/h8-10,12,14,17-18H,6-7,11,13H2,1-5H3. The fourth-order valence-electron chi connectivity index (χ4n) is 2.55. The summed E-state index contributed by atoms with van der Waals surface area (Å²) >= 11 is 0. The summed E-state index contributed by atoms with van der Waals surface area (Å²) in [6, 6.07) is 9.39. The number of hydrogen-bond donors (Lipinski definition) is 1. The Balaban J connectivity index is 2.83. The zero-order valence-corrected chi connectivity index (χ0v) is 13.2. The first-order valence-electron chi connectivity index (χ1n) is 7.64. The average Bonchev–Trinajstić information content (AvgIpc) is 2.38. The molecule has 1 atom stereocenters. The van der Waals surface area contributed by atoms with Crippen LogP contribution in [-0.4, -0.2) is 25.7 Å². The molecule has 1 aromatic rings. The van der Waals surface area contributed by atoms with Gasteiger partial charge >= 0.3 is 0 Å². The van der Waals surface area contributed by atoms with Crippen LogP contribution < -0.4 is 10.2 Å². The first-order chi connectivity index (χ1) is 9.10. The van der Waals surface area contributed by atoms with Crippen molar-refractivity contribution < 1.29 is 0 Å². The van der Waals surface area contributed by atoms with Crippen LogP contribution in [0, 0.1) is 12.8 Å². The van der Waals surface area contributed by atoms with Gasteiger partial charge in [0.25, 0.3) is 0 Å². The van der Waals surface area contributed by atoms with Crippen molar-refractivity contribution in [3.8, 4) is 0 Å². The second-order valence-electron chi connectivity index (χ2n) is 5.64. The molecule has 0 amide bonds. The summed E-state index contributed by atoms with van der Waals surface area (Å²) in [7, 11) is 0. The summed E-state index contributed by atoms with van der Waals surface area (Å²) < 4.78 is 0. The van der Waals surface area contributed by atoms with E-state index in [2.05, 4.69) is 69.1 Å². The highest BCUT2D eigenvalue weighted by Gasteiger charge is 2.20. The lowest BCUT2D eigenvalue weighted by Gasteiger charge is -2.36. The number of aryl methyl sites for hydroxylation is 1. The van der Waals surface area contributed by atoms with Crippen LogP contribution in [0.5, 0.6) is 0 Å². The van der Waals surface area contributed by atoms with Crippen LogP contribution in [0.2, 0.25) is 0 Å². The molecule has 0 aromatic heterocycles. The normalized spacial score (nSPS) is 12.7. The number of nitrogens with zero attached hydrogens (tertiary/aromatic N) is 1. The van der Waals surface area contributed by atoms with Crippen LogP contribution in [-0.2, 0) is 0 Å². The van der Waals surface area contributed by atoms with E-state index in [1.54, 1.807) is 0 Å². The fourth-order valence-corrected chi connectivity index (χ4v) is 2.55. The van der Waals surface area contributed by atoms with Crippen LogP contribution in [0.1, 0.15) is 39.7 Å². The summed E-state index contributed by atoms with van der Waals surface area (Å²) in [4.78, 5) is 2.53. The van der Waals surface area contributed by atoms with Gasteiger partial charge in [-0.1, -0.05) is 32.9 Å². The molecule has 1 aromatic carbocycles. The van der Waals surface area contributed by atoms with E-state index in [1.807, 2.05) is 0 Å². The van der Waals surface area contributed by atoms with E-state index in [-0.39, 0.29) is 0 Å². The molecule has 0 aliphatic carbocycles. The minimum absolute atomic E-state index is 0.554. The molecule has 0 aliphatic heterocycles. The Labute approximate surface area is 119 Å². The third kappa shape index (κ3) is 4.87. The van der Waals surface area contributed by atoms with Gasteiger partial charge in [0.1, 0.15) is 0 Å². The van der Waals surface area contributed by atoms with E-state index in [0.717, 1.165) is 19.6 Å². The lowest BCUT2D eigenvalue weighted by Crippen LogP contribution is -2.46. The van der Waals surface area contributed by atoms with E-state index >= 15 is 0 Å². The van der Waals surface area contributed by atoms with Gasteiger partial charge in [0.05, 0.1) is 0 Å². The maximum absolute atomic E-state index is 3.57. The lowest BCUT2D eigenvalue weighted by atomic mass is 10.0. The quantitative estimate of drug-likeness (QED) is 0.716. The van der Waals surface area contributed by atoms with Crippen LogP contribution in [0.15, 0.2) is 24.3 Å². The SMILES string of the molecule is CCCNCC(C(C)C)N(CC)c1cccc(C)c1. The number of hydrogen-bond acceptors (Lipinski definition) is 2. The van der Waals surface area contributed by atoms with Crippen molar-refractivity contribution in [3.63, 3.8) is 0 Å². The summed E-state index contributed by atoms with van der Waals surface area (Å²) in [5, 5.41) is 3.57. The molecule has 0 heterocycles. The highest BCUT2D eigenvalue weighted by atomic mass is 15.2. The van der Waals surface area contributed by atoms with E-state index in [9.17, 15) is 0 Å². The van der Waals surface area contributed by atoms with E-state index in [0.29, 0.717) is 12.0 Å². The molecule has 0 saturated carbocycles. The zero-order valence-electron chi connectivity index (χ0n) is 13.2. The minimum Gasteiger partial charge on any atom is -0.367 e. The molecule has 2 nitrogen and oxygen atoms in total. The Hall–Kier alpha value is -1.02. The van der Waals surface area contributed by atoms with Gasteiger partial charge in [-0.2, -0.15) is 0 Å². The third-order valence-electron chi connectivity index (χ3n) is 3.62. The van der Waals surface area contributed by atoms with Crippen LogP contribution in [0.25, 0.3) is 0 Å². The smallest absolute Gasteiger partial charge is 0.0437 e. The molecule has 0 saturated heterocycles. The van der Waals surface area contributed by atoms with Gasteiger partial charge < -0.3 is 10.2 Å². The van der Waals surface area contributed by atoms with Crippen LogP contribution in [0.3, 0.4) is 0 Å². The predicted octanol–water partition coefficient (Wildman–Crippen LogP) is 3.85. The average molecular weight is 262 g/mol. The Morgan fingerprint density at radius 1 is 1.21 bits per heavy atom. The molecule has 1 N–H and O–H groups in total. The molecule has 108 valence electrons. The van der Waals surface area contributed by atoms with Crippen molar-refractivity contribution in [2.24, 2.45) is 5.92 Å². The molecule has 1 unspecified atom stereocenters. The molecule has 0 fully saturated rings.